The average Bonchev–Trinajstić information content (AvgIpc) is 2.42. The number of nitrogens with one attached hydrogen (secondary N) is 1. The van der Waals surface area contributed by atoms with Crippen molar-refractivity contribution in [3.05, 3.63) is 29.8 Å². The first kappa shape index (κ1) is 13.9. The lowest BCUT2D eigenvalue weighted by Gasteiger charge is -2.31. The third kappa shape index (κ3) is 3.50. The van der Waals surface area contributed by atoms with E-state index in [1.807, 2.05) is 6.92 Å². The van der Waals surface area contributed by atoms with Crippen molar-refractivity contribution in [1.82, 2.24) is 4.90 Å². The van der Waals surface area contributed by atoms with Crippen LogP contribution in [-0.4, -0.2) is 29.9 Å². The second-order valence-electron chi connectivity index (χ2n) is 4.89. The van der Waals surface area contributed by atoms with E-state index in [2.05, 4.69) is 10.2 Å². The van der Waals surface area contributed by atoms with Crippen LogP contribution in [0.2, 0.25) is 0 Å². The van der Waals surface area contributed by atoms with Gasteiger partial charge < -0.3 is 5.32 Å². The van der Waals surface area contributed by atoms with E-state index in [4.69, 9.17) is 0 Å². The van der Waals surface area contributed by atoms with Gasteiger partial charge in [-0.15, -0.1) is 0 Å². The molecule has 104 valence electrons. The lowest BCUT2D eigenvalue weighted by molar-refractivity contribution is -0.121. The molecule has 1 fully saturated rings. The maximum atomic E-state index is 13.4. The van der Waals surface area contributed by atoms with Crippen molar-refractivity contribution in [3.8, 4) is 0 Å². The van der Waals surface area contributed by atoms with E-state index >= 15 is 0 Å². The van der Waals surface area contributed by atoms with Crippen LogP contribution in [0, 0.1) is 11.6 Å². The molecule has 1 atom stereocenters. The minimum atomic E-state index is -0.751. The van der Waals surface area contributed by atoms with Crippen LogP contribution in [0.5, 0.6) is 0 Å². The highest BCUT2D eigenvalue weighted by molar-refractivity contribution is 5.94. The first-order valence-electron chi connectivity index (χ1n) is 6.58. The molecule has 3 nitrogen and oxygen atoms in total. The highest BCUT2D eigenvalue weighted by Gasteiger charge is 2.23. The second kappa shape index (κ2) is 6.10. The summed E-state index contributed by atoms with van der Waals surface area (Å²) in [6.07, 6.45) is 3.36. The summed E-state index contributed by atoms with van der Waals surface area (Å²) in [6.45, 7) is 3.59. The summed E-state index contributed by atoms with van der Waals surface area (Å²) < 4.78 is 26.2. The molecule has 19 heavy (non-hydrogen) atoms. The number of halogens is 2. The molecular formula is C14H18F2N2O. The Labute approximate surface area is 111 Å². The number of rotatable bonds is 3. The molecule has 2 rings (SSSR count). The fourth-order valence-electron chi connectivity index (χ4n) is 2.30. The Hall–Kier alpha value is -1.49. The minimum Gasteiger partial charge on any atom is -0.322 e. The van der Waals surface area contributed by atoms with Crippen molar-refractivity contribution in [1.29, 1.82) is 0 Å². The van der Waals surface area contributed by atoms with E-state index in [1.165, 1.54) is 12.5 Å². The van der Waals surface area contributed by atoms with Crippen LogP contribution in [0.4, 0.5) is 14.5 Å². The highest BCUT2D eigenvalue weighted by Crippen LogP contribution is 2.17. The predicted molar refractivity (Wildman–Crippen MR) is 69.9 cm³/mol. The first-order chi connectivity index (χ1) is 9.08. The largest absolute Gasteiger partial charge is 0.322 e. The summed E-state index contributed by atoms with van der Waals surface area (Å²) in [5, 5.41) is 2.51. The van der Waals surface area contributed by atoms with Gasteiger partial charge in [-0.25, -0.2) is 8.78 Å². The van der Waals surface area contributed by atoms with Crippen molar-refractivity contribution in [2.75, 3.05) is 18.4 Å². The molecule has 1 amide bonds. The molecule has 0 aliphatic carbocycles. The first-order valence-corrected chi connectivity index (χ1v) is 6.58. The standard InChI is InChI=1S/C14H18F2N2O/c1-10(18-7-3-2-4-8-18)14(19)17-13-6-5-11(15)9-12(13)16/h5-6,9-10H,2-4,7-8H2,1H3,(H,17,19)/t10-/m1/s1. The van der Waals surface area contributed by atoms with Crippen LogP contribution >= 0.6 is 0 Å². The third-order valence-corrected chi connectivity index (χ3v) is 3.51. The van der Waals surface area contributed by atoms with Crippen LogP contribution in [0.25, 0.3) is 0 Å². The number of nitrogens with zero attached hydrogens (tertiary/aromatic N) is 1. The Morgan fingerprint density at radius 1 is 1.26 bits per heavy atom. The molecule has 0 spiro atoms. The van der Waals surface area contributed by atoms with Crippen LogP contribution in [0.1, 0.15) is 26.2 Å². The maximum absolute atomic E-state index is 13.4. The number of piperidine rings is 1. The zero-order chi connectivity index (χ0) is 13.8. The van der Waals surface area contributed by atoms with Crippen LogP contribution in [-0.2, 0) is 4.79 Å². The molecule has 1 aromatic rings. The molecule has 0 aromatic heterocycles. The van der Waals surface area contributed by atoms with Gasteiger partial charge >= 0.3 is 0 Å². The van der Waals surface area contributed by atoms with E-state index < -0.39 is 11.6 Å². The maximum Gasteiger partial charge on any atom is 0.241 e. The Morgan fingerprint density at radius 2 is 1.95 bits per heavy atom. The van der Waals surface area contributed by atoms with Crippen LogP contribution in [0.15, 0.2) is 18.2 Å². The number of carbonyl (C=O) groups is 1. The summed E-state index contributed by atoms with van der Waals surface area (Å²) in [6, 6.07) is 2.83. The number of amides is 1. The van der Waals surface area contributed by atoms with Crippen LogP contribution in [0.3, 0.4) is 0 Å². The normalized spacial score (nSPS) is 18.1. The van der Waals surface area contributed by atoms with Crippen molar-refractivity contribution in [2.45, 2.75) is 32.2 Å². The average molecular weight is 268 g/mol. The van der Waals surface area contributed by atoms with Crippen LogP contribution < -0.4 is 5.32 Å². The molecule has 1 aliphatic rings. The summed E-state index contributed by atoms with van der Waals surface area (Å²) in [5.41, 5.74) is 0.0234. The Balaban J connectivity index is 1.99. The minimum absolute atomic E-state index is 0.0234. The van der Waals surface area contributed by atoms with Gasteiger partial charge in [-0.3, -0.25) is 9.69 Å². The number of anilines is 1. The Morgan fingerprint density at radius 3 is 2.58 bits per heavy atom. The summed E-state index contributed by atoms with van der Waals surface area (Å²) >= 11 is 0. The third-order valence-electron chi connectivity index (χ3n) is 3.51. The summed E-state index contributed by atoms with van der Waals surface area (Å²) in [7, 11) is 0. The van der Waals surface area contributed by atoms with Crippen molar-refractivity contribution in [2.24, 2.45) is 0 Å². The van der Waals surface area contributed by atoms with Gasteiger partial charge in [0.2, 0.25) is 5.91 Å². The van der Waals surface area contributed by atoms with Gasteiger partial charge in [0.1, 0.15) is 11.6 Å². The van der Waals surface area contributed by atoms with E-state index in [9.17, 15) is 13.6 Å². The Kier molecular flexibility index (Phi) is 4.47. The zero-order valence-electron chi connectivity index (χ0n) is 11.0. The van der Waals surface area contributed by atoms with Crippen molar-refractivity contribution >= 4 is 11.6 Å². The number of hydrogen-bond acceptors (Lipinski definition) is 2. The molecule has 1 heterocycles. The van der Waals surface area contributed by atoms with E-state index in [1.54, 1.807) is 0 Å². The molecule has 0 unspecified atom stereocenters. The smallest absolute Gasteiger partial charge is 0.241 e. The highest BCUT2D eigenvalue weighted by atomic mass is 19.1. The fraction of sp³-hybridized carbons (Fsp3) is 0.500. The van der Waals surface area contributed by atoms with E-state index in [0.29, 0.717) is 0 Å². The molecule has 0 radical (unpaired) electrons. The lowest BCUT2D eigenvalue weighted by atomic mass is 10.1. The van der Waals surface area contributed by atoms with Gasteiger partial charge in [0.05, 0.1) is 11.7 Å². The second-order valence-corrected chi connectivity index (χ2v) is 4.89. The summed E-state index contributed by atoms with van der Waals surface area (Å²) in [4.78, 5) is 14.1. The fourth-order valence-corrected chi connectivity index (χ4v) is 2.30. The predicted octanol–water partition coefficient (Wildman–Crippen LogP) is 2.78. The van der Waals surface area contributed by atoms with E-state index in [-0.39, 0.29) is 17.6 Å². The zero-order valence-corrected chi connectivity index (χ0v) is 11.0. The molecule has 1 aromatic carbocycles. The molecular weight excluding hydrogens is 250 g/mol. The van der Waals surface area contributed by atoms with Crippen molar-refractivity contribution < 1.29 is 13.6 Å². The van der Waals surface area contributed by atoms with Gasteiger partial charge in [-0.05, 0) is 45.0 Å². The van der Waals surface area contributed by atoms with Gasteiger partial charge in [-0.1, -0.05) is 6.42 Å². The Bertz CT molecular complexity index is 459. The van der Waals surface area contributed by atoms with E-state index in [0.717, 1.165) is 38.1 Å². The van der Waals surface area contributed by atoms with Crippen molar-refractivity contribution in [3.63, 3.8) is 0 Å². The SMILES string of the molecule is C[C@H](C(=O)Nc1ccc(F)cc1F)N1CCCCC1. The lowest BCUT2D eigenvalue weighted by Crippen LogP contribution is -2.44. The number of likely N-dealkylation sites (tertiary alicyclic amines) is 1. The number of carbonyl (C=O) groups excluding carboxylic acids is 1. The monoisotopic (exact) mass is 268 g/mol. The molecule has 1 saturated heterocycles. The topological polar surface area (TPSA) is 32.3 Å². The molecule has 0 saturated carbocycles. The quantitative estimate of drug-likeness (QED) is 0.914. The molecule has 1 aliphatic heterocycles. The van der Waals surface area contributed by atoms with Gasteiger partial charge in [0.15, 0.2) is 0 Å². The summed E-state index contributed by atoms with van der Waals surface area (Å²) in [5.74, 6) is -1.66. The van der Waals surface area contributed by atoms with Gasteiger partial charge in [0.25, 0.3) is 0 Å². The van der Waals surface area contributed by atoms with Gasteiger partial charge in [-0.2, -0.15) is 0 Å². The number of hydrogen-bond donors (Lipinski definition) is 1. The molecule has 5 heteroatoms. The number of benzene rings is 1. The molecule has 1 N–H and O–H groups in total. The molecule has 0 bridgehead atoms. The van der Waals surface area contributed by atoms with Gasteiger partial charge in [0, 0.05) is 6.07 Å².